The third-order valence-electron chi connectivity index (χ3n) is 2.15. The van der Waals surface area contributed by atoms with Gasteiger partial charge in [0.2, 0.25) is 0 Å². The molecule has 1 aromatic rings. The fraction of sp³-hybridized carbons (Fsp3) is 0.417. The van der Waals surface area contributed by atoms with Crippen molar-refractivity contribution in [2.24, 2.45) is 0 Å². The largest absolute Gasteiger partial charge is 0.465 e. The monoisotopic (exact) mass is 240 g/mol. The number of benzene rings is 1. The van der Waals surface area contributed by atoms with Crippen molar-refractivity contribution in [3.63, 3.8) is 0 Å². The molecule has 0 atom stereocenters. The number of methoxy groups -OCH3 is 1. The van der Waals surface area contributed by atoms with Crippen LogP contribution in [0.1, 0.15) is 15.9 Å². The van der Waals surface area contributed by atoms with Crippen molar-refractivity contribution in [2.75, 3.05) is 25.2 Å². The number of hydrogen-bond acceptors (Lipinski definition) is 4. The molecule has 3 nitrogen and oxygen atoms in total. The molecule has 0 fully saturated rings. The molecule has 1 aromatic carbocycles. The summed E-state index contributed by atoms with van der Waals surface area (Å²) in [6.07, 6.45) is 0.951. The van der Waals surface area contributed by atoms with Gasteiger partial charge in [-0.25, -0.2) is 4.79 Å². The SMILES string of the molecule is COC(=O)c1ccc(CCSCCO)cc1. The minimum Gasteiger partial charge on any atom is -0.465 e. The summed E-state index contributed by atoms with van der Waals surface area (Å²) in [6.45, 7) is 0.228. The zero-order valence-corrected chi connectivity index (χ0v) is 10.1. The average molecular weight is 240 g/mol. The number of rotatable bonds is 6. The summed E-state index contributed by atoms with van der Waals surface area (Å²) < 4.78 is 4.62. The Labute approximate surface area is 99.8 Å². The Hall–Kier alpha value is -1.00. The lowest BCUT2D eigenvalue weighted by Crippen LogP contribution is -2.01. The maximum atomic E-state index is 11.2. The fourth-order valence-corrected chi connectivity index (χ4v) is 2.00. The molecular formula is C12H16O3S. The van der Waals surface area contributed by atoms with E-state index >= 15 is 0 Å². The number of carbonyl (C=O) groups is 1. The summed E-state index contributed by atoms with van der Waals surface area (Å²) in [5, 5.41) is 8.62. The topological polar surface area (TPSA) is 46.5 Å². The minimum absolute atomic E-state index is 0.228. The zero-order chi connectivity index (χ0) is 11.8. The molecule has 1 rings (SSSR count). The third-order valence-corrected chi connectivity index (χ3v) is 3.11. The molecule has 4 heteroatoms. The highest BCUT2D eigenvalue weighted by molar-refractivity contribution is 7.99. The van der Waals surface area contributed by atoms with E-state index in [4.69, 9.17) is 5.11 Å². The van der Waals surface area contributed by atoms with Gasteiger partial charge in [-0.3, -0.25) is 0 Å². The summed E-state index contributed by atoms with van der Waals surface area (Å²) >= 11 is 1.72. The van der Waals surface area contributed by atoms with Gasteiger partial charge in [-0.2, -0.15) is 11.8 Å². The number of aliphatic hydroxyl groups is 1. The van der Waals surface area contributed by atoms with Crippen LogP contribution in [0.3, 0.4) is 0 Å². The van der Waals surface area contributed by atoms with Gasteiger partial charge in [-0.05, 0) is 29.9 Å². The summed E-state index contributed by atoms with van der Waals surface area (Å²) in [5.74, 6) is 1.46. The Morgan fingerprint density at radius 1 is 1.31 bits per heavy atom. The molecule has 0 heterocycles. The molecule has 88 valence electrons. The van der Waals surface area contributed by atoms with Gasteiger partial charge < -0.3 is 9.84 Å². The molecule has 0 bridgehead atoms. The Morgan fingerprint density at radius 2 is 2.00 bits per heavy atom. The van der Waals surface area contributed by atoms with Gasteiger partial charge in [-0.15, -0.1) is 0 Å². The van der Waals surface area contributed by atoms with Gasteiger partial charge >= 0.3 is 5.97 Å². The predicted octanol–water partition coefficient (Wildman–Crippen LogP) is 1.74. The second kappa shape index (κ2) is 7.30. The quantitative estimate of drug-likeness (QED) is 0.608. The fourth-order valence-electron chi connectivity index (χ4n) is 1.28. The lowest BCUT2D eigenvalue weighted by atomic mass is 10.1. The highest BCUT2D eigenvalue weighted by Gasteiger charge is 2.03. The van der Waals surface area contributed by atoms with Crippen molar-refractivity contribution in [3.8, 4) is 0 Å². The minimum atomic E-state index is -0.304. The van der Waals surface area contributed by atoms with Gasteiger partial charge in [0.15, 0.2) is 0 Å². The van der Waals surface area contributed by atoms with Crippen LogP contribution in [0.4, 0.5) is 0 Å². The van der Waals surface area contributed by atoms with E-state index in [2.05, 4.69) is 4.74 Å². The number of aryl methyl sites for hydroxylation is 1. The Morgan fingerprint density at radius 3 is 2.56 bits per heavy atom. The number of esters is 1. The van der Waals surface area contributed by atoms with E-state index in [1.165, 1.54) is 12.7 Å². The van der Waals surface area contributed by atoms with Crippen molar-refractivity contribution < 1.29 is 14.6 Å². The molecule has 0 aliphatic heterocycles. The summed E-state index contributed by atoms with van der Waals surface area (Å²) in [6, 6.07) is 7.42. The Balaban J connectivity index is 2.42. The first-order valence-corrected chi connectivity index (χ1v) is 6.29. The van der Waals surface area contributed by atoms with Gasteiger partial charge in [0.05, 0.1) is 19.3 Å². The van der Waals surface area contributed by atoms with E-state index in [1.54, 1.807) is 23.9 Å². The molecule has 0 unspecified atom stereocenters. The van der Waals surface area contributed by atoms with Crippen LogP contribution < -0.4 is 0 Å². The number of hydrogen-bond donors (Lipinski definition) is 1. The number of aliphatic hydroxyl groups excluding tert-OH is 1. The maximum Gasteiger partial charge on any atom is 0.337 e. The zero-order valence-electron chi connectivity index (χ0n) is 9.31. The summed E-state index contributed by atoms with van der Waals surface area (Å²) in [5.41, 5.74) is 1.77. The molecule has 0 aliphatic rings. The molecule has 0 radical (unpaired) electrons. The lowest BCUT2D eigenvalue weighted by Gasteiger charge is -2.02. The van der Waals surface area contributed by atoms with Crippen molar-refractivity contribution in [3.05, 3.63) is 35.4 Å². The summed E-state index contributed by atoms with van der Waals surface area (Å²) in [7, 11) is 1.38. The van der Waals surface area contributed by atoms with Gasteiger partial charge in [0, 0.05) is 5.75 Å². The lowest BCUT2D eigenvalue weighted by molar-refractivity contribution is 0.0600. The van der Waals surface area contributed by atoms with Crippen molar-refractivity contribution in [1.29, 1.82) is 0 Å². The Kier molecular flexibility index (Phi) is 5.96. The van der Waals surface area contributed by atoms with Crippen LogP contribution in [0.5, 0.6) is 0 Å². The molecule has 16 heavy (non-hydrogen) atoms. The molecule has 1 N–H and O–H groups in total. The molecule has 0 amide bonds. The maximum absolute atomic E-state index is 11.2. The highest BCUT2D eigenvalue weighted by atomic mass is 32.2. The van der Waals surface area contributed by atoms with Crippen molar-refractivity contribution >= 4 is 17.7 Å². The van der Waals surface area contributed by atoms with E-state index < -0.39 is 0 Å². The Bertz CT molecular complexity index is 322. The van der Waals surface area contributed by atoms with Crippen LogP contribution in [0.15, 0.2) is 24.3 Å². The molecule has 0 saturated heterocycles. The molecule has 0 saturated carbocycles. The summed E-state index contributed by atoms with van der Waals surface area (Å²) in [4.78, 5) is 11.2. The van der Waals surface area contributed by atoms with Gasteiger partial charge in [0.25, 0.3) is 0 Å². The van der Waals surface area contributed by atoms with Crippen LogP contribution in [0.25, 0.3) is 0 Å². The first-order chi connectivity index (χ1) is 7.77. The molecular weight excluding hydrogens is 224 g/mol. The van der Waals surface area contributed by atoms with Gasteiger partial charge in [-0.1, -0.05) is 12.1 Å². The van der Waals surface area contributed by atoms with E-state index in [-0.39, 0.29) is 12.6 Å². The van der Waals surface area contributed by atoms with Crippen LogP contribution in [0.2, 0.25) is 0 Å². The van der Waals surface area contributed by atoms with E-state index in [0.717, 1.165) is 17.9 Å². The highest BCUT2D eigenvalue weighted by Crippen LogP contribution is 2.09. The molecule has 0 aliphatic carbocycles. The standard InChI is InChI=1S/C12H16O3S/c1-15-12(14)11-4-2-10(3-5-11)6-8-16-9-7-13/h2-5,13H,6-9H2,1H3. The number of ether oxygens (including phenoxy) is 1. The number of thioether (sulfide) groups is 1. The predicted molar refractivity (Wildman–Crippen MR) is 65.9 cm³/mol. The van der Waals surface area contributed by atoms with Crippen LogP contribution >= 0.6 is 11.8 Å². The van der Waals surface area contributed by atoms with E-state index in [0.29, 0.717) is 5.56 Å². The third kappa shape index (κ3) is 4.24. The first kappa shape index (κ1) is 13.1. The molecule has 0 aromatic heterocycles. The normalized spacial score (nSPS) is 10.1. The first-order valence-electron chi connectivity index (χ1n) is 5.13. The average Bonchev–Trinajstić information content (AvgIpc) is 2.34. The van der Waals surface area contributed by atoms with Crippen LogP contribution in [0, 0.1) is 0 Å². The second-order valence-corrected chi connectivity index (χ2v) is 4.50. The number of carbonyl (C=O) groups excluding carboxylic acids is 1. The smallest absolute Gasteiger partial charge is 0.337 e. The molecule has 0 spiro atoms. The van der Waals surface area contributed by atoms with E-state index in [1.807, 2.05) is 12.1 Å². The second-order valence-electron chi connectivity index (χ2n) is 3.27. The van der Waals surface area contributed by atoms with Crippen LogP contribution in [-0.2, 0) is 11.2 Å². The van der Waals surface area contributed by atoms with Crippen LogP contribution in [-0.4, -0.2) is 36.3 Å². The van der Waals surface area contributed by atoms with Crippen molar-refractivity contribution in [1.82, 2.24) is 0 Å². The van der Waals surface area contributed by atoms with Crippen molar-refractivity contribution in [2.45, 2.75) is 6.42 Å². The van der Waals surface area contributed by atoms with E-state index in [9.17, 15) is 4.79 Å². The van der Waals surface area contributed by atoms with Gasteiger partial charge in [0.1, 0.15) is 0 Å².